The van der Waals surface area contributed by atoms with Crippen molar-refractivity contribution in [3.05, 3.63) is 0 Å². The lowest BCUT2D eigenvalue weighted by Gasteiger charge is -2.36. The Kier molecular flexibility index (Phi) is 13.3. The molecule has 9 nitrogen and oxygen atoms in total. The molecule has 0 heterocycles. The molecule has 0 aliphatic carbocycles. The number of amides is 4. The van der Waals surface area contributed by atoms with Crippen molar-refractivity contribution in [2.75, 3.05) is 19.6 Å². The first-order chi connectivity index (χ1) is 17.5. The zero-order valence-electron chi connectivity index (χ0n) is 21.3. The molecule has 0 rings (SSSR count). The Morgan fingerprint density at radius 1 is 0.564 bits per heavy atom. The summed E-state index contributed by atoms with van der Waals surface area (Å²) in [7, 11) is 0. The minimum atomic E-state index is -5.17. The van der Waals surface area contributed by atoms with Crippen molar-refractivity contribution in [1.29, 1.82) is 0 Å². The lowest BCUT2D eigenvalue weighted by atomic mass is 9.83. The number of carbonyl (C=O) groups excluding carboxylic acids is 4. The van der Waals surface area contributed by atoms with Gasteiger partial charge >= 0.3 is 42.3 Å². The first-order valence-electron chi connectivity index (χ1n) is 11.5. The summed E-state index contributed by atoms with van der Waals surface area (Å²) < 4.78 is 117. The van der Waals surface area contributed by atoms with Crippen LogP contribution in [0.4, 0.5) is 44.3 Å². The maximum absolute atomic E-state index is 12.5. The van der Waals surface area contributed by atoms with E-state index in [4.69, 9.17) is 4.74 Å². The number of halogens is 9. The van der Waals surface area contributed by atoms with E-state index in [1.54, 1.807) is 16.0 Å². The van der Waals surface area contributed by atoms with Gasteiger partial charge in [-0.15, -0.1) is 0 Å². The molecule has 0 aromatic rings. The zero-order chi connectivity index (χ0) is 30.7. The van der Waals surface area contributed by atoms with Gasteiger partial charge in [0.2, 0.25) is 0 Å². The smallest absolute Gasteiger partial charge is 0.444 e. The van der Waals surface area contributed by atoms with E-state index in [1.165, 1.54) is 20.8 Å². The number of alkyl carbamates (subject to hydrolysis) is 1. The topological polar surface area (TPSA) is 126 Å². The van der Waals surface area contributed by atoms with Gasteiger partial charge in [0, 0.05) is 25.2 Å². The molecule has 0 spiro atoms. The first-order valence-corrected chi connectivity index (χ1v) is 11.5. The molecule has 0 radical (unpaired) electrons. The summed E-state index contributed by atoms with van der Waals surface area (Å²) in [5, 5.41) is 7.31. The van der Waals surface area contributed by atoms with E-state index in [0.29, 0.717) is 0 Å². The highest BCUT2D eigenvalue weighted by molar-refractivity contribution is 5.82. The largest absolute Gasteiger partial charge is 0.471 e. The molecule has 0 atom stereocenters. The molecule has 39 heavy (non-hydrogen) atoms. The Morgan fingerprint density at radius 2 is 0.846 bits per heavy atom. The molecule has 4 amide bonds. The Labute approximate surface area is 217 Å². The van der Waals surface area contributed by atoms with Crippen LogP contribution in [-0.2, 0) is 19.1 Å². The second-order valence-corrected chi connectivity index (χ2v) is 9.48. The van der Waals surface area contributed by atoms with Crippen molar-refractivity contribution in [2.45, 2.75) is 89.0 Å². The second kappa shape index (κ2) is 14.4. The van der Waals surface area contributed by atoms with Gasteiger partial charge in [0.25, 0.3) is 0 Å². The van der Waals surface area contributed by atoms with Gasteiger partial charge < -0.3 is 26.0 Å². The summed E-state index contributed by atoms with van der Waals surface area (Å²) in [6.07, 6.45) is -17.8. The predicted molar refractivity (Wildman–Crippen MR) is 117 cm³/mol. The van der Waals surface area contributed by atoms with Gasteiger partial charge in [0.05, 0.1) is 0 Å². The van der Waals surface area contributed by atoms with Crippen LogP contribution < -0.4 is 21.3 Å². The molecule has 0 unspecified atom stereocenters. The van der Waals surface area contributed by atoms with E-state index in [0.717, 1.165) is 0 Å². The fourth-order valence-corrected chi connectivity index (χ4v) is 3.27. The van der Waals surface area contributed by atoms with Gasteiger partial charge in [-0.2, -0.15) is 39.5 Å². The molecule has 0 aromatic carbocycles. The number of hydrogen-bond acceptors (Lipinski definition) is 5. The minimum absolute atomic E-state index is 0.204. The van der Waals surface area contributed by atoms with Gasteiger partial charge in [0.15, 0.2) is 0 Å². The van der Waals surface area contributed by atoms with Gasteiger partial charge in [-0.05, 0) is 59.3 Å². The van der Waals surface area contributed by atoms with Crippen LogP contribution in [0, 0.1) is 0 Å². The van der Waals surface area contributed by atoms with Gasteiger partial charge in [-0.1, -0.05) is 0 Å². The van der Waals surface area contributed by atoms with E-state index in [9.17, 15) is 58.7 Å². The maximum atomic E-state index is 12.5. The molecule has 0 bridgehead atoms. The van der Waals surface area contributed by atoms with Crippen LogP contribution in [-0.4, -0.2) is 73.1 Å². The van der Waals surface area contributed by atoms with Crippen LogP contribution in [0.2, 0.25) is 0 Å². The summed E-state index contributed by atoms with van der Waals surface area (Å²) in [6, 6.07) is 0. The number of carbonyl (C=O) groups is 4. The maximum Gasteiger partial charge on any atom is 0.471 e. The highest BCUT2D eigenvalue weighted by atomic mass is 19.4. The van der Waals surface area contributed by atoms with Gasteiger partial charge in [-0.25, -0.2) is 4.79 Å². The molecule has 228 valence electrons. The molecule has 0 aromatic heterocycles. The van der Waals surface area contributed by atoms with Crippen LogP contribution in [0.25, 0.3) is 0 Å². The highest BCUT2D eigenvalue weighted by Crippen LogP contribution is 2.27. The lowest BCUT2D eigenvalue weighted by molar-refractivity contribution is -0.173. The summed E-state index contributed by atoms with van der Waals surface area (Å²) in [5.74, 6) is -6.71. The number of alkyl halides is 9. The molecular weight excluding hydrogens is 559 g/mol. The van der Waals surface area contributed by atoms with E-state index in [1.807, 2.05) is 0 Å². The SMILES string of the molecule is CC(C)(C)OC(=O)NC(CCCNC(=O)C(F)(F)F)(CCCNC(=O)C(F)(F)F)CCCNC(=O)C(F)(F)F. The van der Waals surface area contributed by atoms with E-state index in [-0.39, 0.29) is 38.5 Å². The van der Waals surface area contributed by atoms with Crippen LogP contribution in [0.15, 0.2) is 0 Å². The third-order valence-corrected chi connectivity index (χ3v) is 4.89. The minimum Gasteiger partial charge on any atom is -0.444 e. The van der Waals surface area contributed by atoms with E-state index >= 15 is 0 Å². The monoisotopic (exact) mass is 590 g/mol. The van der Waals surface area contributed by atoms with Crippen LogP contribution in [0.5, 0.6) is 0 Å². The molecule has 0 aliphatic heterocycles. The molecule has 0 aliphatic rings. The van der Waals surface area contributed by atoms with Crippen molar-refractivity contribution < 1.29 is 63.4 Å². The third kappa shape index (κ3) is 15.9. The fraction of sp³-hybridized carbons (Fsp3) is 0.810. The first kappa shape index (κ1) is 36.0. The van der Waals surface area contributed by atoms with Crippen molar-refractivity contribution in [3.8, 4) is 0 Å². The average Bonchev–Trinajstić information content (AvgIpc) is 2.73. The second-order valence-electron chi connectivity index (χ2n) is 9.48. The van der Waals surface area contributed by atoms with Crippen LogP contribution >= 0.6 is 0 Å². The van der Waals surface area contributed by atoms with Crippen molar-refractivity contribution in [1.82, 2.24) is 21.3 Å². The Bertz CT molecular complexity index is 754. The normalized spacial score (nSPS) is 12.9. The number of nitrogens with one attached hydrogen (secondary N) is 4. The Balaban J connectivity index is 5.66. The van der Waals surface area contributed by atoms with Crippen LogP contribution in [0.1, 0.15) is 59.3 Å². The molecular formula is C21H31F9N4O5. The molecule has 18 heteroatoms. The molecule has 0 saturated carbocycles. The fourth-order valence-electron chi connectivity index (χ4n) is 3.27. The summed E-state index contributed by atoms with van der Waals surface area (Å²) >= 11 is 0. The quantitative estimate of drug-likeness (QED) is 0.193. The van der Waals surface area contributed by atoms with Crippen molar-refractivity contribution >= 4 is 23.8 Å². The van der Waals surface area contributed by atoms with E-state index in [2.05, 4.69) is 5.32 Å². The van der Waals surface area contributed by atoms with Gasteiger partial charge in [0.1, 0.15) is 5.60 Å². The van der Waals surface area contributed by atoms with E-state index < -0.39 is 73.1 Å². The molecule has 0 saturated heterocycles. The summed E-state index contributed by atoms with van der Waals surface area (Å²) in [5.41, 5.74) is -2.50. The van der Waals surface area contributed by atoms with Crippen molar-refractivity contribution in [3.63, 3.8) is 0 Å². The zero-order valence-corrected chi connectivity index (χ0v) is 21.3. The van der Waals surface area contributed by atoms with Gasteiger partial charge in [-0.3, -0.25) is 14.4 Å². The van der Waals surface area contributed by atoms with Crippen LogP contribution in [0.3, 0.4) is 0 Å². The summed E-state index contributed by atoms with van der Waals surface area (Å²) in [4.78, 5) is 45.6. The number of hydrogen-bond donors (Lipinski definition) is 4. The Morgan fingerprint density at radius 3 is 1.08 bits per heavy atom. The van der Waals surface area contributed by atoms with Crippen molar-refractivity contribution in [2.24, 2.45) is 0 Å². The number of ether oxygens (including phenoxy) is 1. The highest BCUT2D eigenvalue weighted by Gasteiger charge is 2.40. The number of rotatable bonds is 13. The Hall–Kier alpha value is -2.95. The predicted octanol–water partition coefficient (Wildman–Crippen LogP) is 3.63. The third-order valence-electron chi connectivity index (χ3n) is 4.89. The summed E-state index contributed by atoms with van der Waals surface area (Å²) in [6.45, 7) is 2.89. The molecule has 0 fully saturated rings. The standard InChI is InChI=1S/C21H31F9N4O5/c1-17(2,3)39-16(38)34-18(7-4-10-31-13(35)19(22,23)24,8-5-11-32-14(36)20(25,26)27)9-6-12-33-15(37)21(28,29)30/h4-12H2,1-3H3,(H,31,35)(H,32,36)(H,33,37)(H,34,38). The lowest BCUT2D eigenvalue weighted by Crippen LogP contribution is -2.51. The molecule has 4 N–H and O–H groups in total. The average molecular weight is 590 g/mol.